The molecule has 0 aromatic heterocycles. The second kappa shape index (κ2) is 7.18. The molecule has 0 radical (unpaired) electrons. The van der Waals surface area contributed by atoms with E-state index in [1.165, 1.54) is 12.8 Å². The van der Waals surface area contributed by atoms with Gasteiger partial charge in [0.2, 0.25) is 0 Å². The van der Waals surface area contributed by atoms with E-state index in [1.54, 1.807) is 0 Å². The fraction of sp³-hybridized carbons (Fsp3) is 0.941. The first-order valence-electron chi connectivity index (χ1n) is 8.66. The maximum atomic E-state index is 12.1. The Bertz CT molecular complexity index is 379. The zero-order valence-corrected chi connectivity index (χ0v) is 14.5. The molecule has 0 aliphatic carbocycles. The molecule has 2 aliphatic rings. The molecule has 3 unspecified atom stereocenters. The lowest BCUT2D eigenvalue weighted by molar-refractivity contribution is 0.0216. The van der Waals surface area contributed by atoms with Gasteiger partial charge in [-0.15, -0.1) is 0 Å². The molecule has 5 nitrogen and oxygen atoms in total. The van der Waals surface area contributed by atoms with E-state index in [0.717, 1.165) is 39.0 Å². The minimum atomic E-state index is -0.431. The Morgan fingerprint density at radius 2 is 2.00 bits per heavy atom. The number of likely N-dealkylation sites (tertiary alicyclic amines) is 2. The Labute approximate surface area is 134 Å². The van der Waals surface area contributed by atoms with Crippen LogP contribution in [0.15, 0.2) is 0 Å². The Kier molecular flexibility index (Phi) is 5.72. The van der Waals surface area contributed by atoms with Crippen LogP contribution in [0.25, 0.3) is 0 Å². The van der Waals surface area contributed by atoms with Crippen molar-refractivity contribution in [3.05, 3.63) is 0 Å². The zero-order valence-electron chi connectivity index (χ0n) is 14.5. The molecule has 1 N–H and O–H groups in total. The molecule has 2 heterocycles. The number of amides is 1. The van der Waals surface area contributed by atoms with Gasteiger partial charge in [-0.05, 0) is 59.4 Å². The Morgan fingerprint density at radius 3 is 2.64 bits per heavy atom. The molecule has 1 amide bonds. The first-order valence-corrected chi connectivity index (χ1v) is 8.66. The molecule has 22 heavy (non-hydrogen) atoms. The van der Waals surface area contributed by atoms with Crippen molar-refractivity contribution in [2.24, 2.45) is 5.92 Å². The highest BCUT2D eigenvalue weighted by atomic mass is 16.6. The van der Waals surface area contributed by atoms with Crippen molar-refractivity contribution in [1.82, 2.24) is 9.80 Å². The van der Waals surface area contributed by atoms with Crippen molar-refractivity contribution in [3.8, 4) is 0 Å². The standard InChI is InChI=1S/C17H32N2O3/c1-13(20)15-7-5-6-9-18(15)11-14-8-10-19(12-14)16(21)22-17(2,3)4/h13-15,20H,5-12H2,1-4H3. The van der Waals surface area contributed by atoms with E-state index in [2.05, 4.69) is 4.90 Å². The van der Waals surface area contributed by atoms with Crippen LogP contribution in [0.1, 0.15) is 53.4 Å². The third-order valence-electron chi connectivity index (χ3n) is 4.65. The summed E-state index contributed by atoms with van der Waals surface area (Å²) in [5, 5.41) is 9.96. The second-order valence-electron chi connectivity index (χ2n) is 7.88. The number of hydrogen-bond acceptors (Lipinski definition) is 4. The summed E-state index contributed by atoms with van der Waals surface area (Å²) in [4.78, 5) is 16.4. The number of piperidine rings is 1. The molecule has 3 atom stereocenters. The van der Waals surface area contributed by atoms with E-state index in [-0.39, 0.29) is 18.2 Å². The van der Waals surface area contributed by atoms with E-state index >= 15 is 0 Å². The third-order valence-corrected chi connectivity index (χ3v) is 4.65. The largest absolute Gasteiger partial charge is 0.444 e. The summed E-state index contributed by atoms with van der Waals surface area (Å²) in [5.74, 6) is 0.492. The average molecular weight is 312 g/mol. The molecule has 0 saturated carbocycles. The lowest BCUT2D eigenvalue weighted by atomic mass is 9.96. The van der Waals surface area contributed by atoms with Gasteiger partial charge < -0.3 is 14.7 Å². The highest BCUT2D eigenvalue weighted by Crippen LogP contribution is 2.25. The van der Waals surface area contributed by atoms with Crippen LogP contribution in [0.3, 0.4) is 0 Å². The Hall–Kier alpha value is -0.810. The van der Waals surface area contributed by atoms with Crippen molar-refractivity contribution in [2.45, 2.75) is 71.1 Å². The summed E-state index contributed by atoms with van der Waals surface area (Å²) in [6.45, 7) is 11.2. The van der Waals surface area contributed by atoms with Crippen molar-refractivity contribution < 1.29 is 14.6 Å². The lowest BCUT2D eigenvalue weighted by Gasteiger charge is -2.38. The smallest absolute Gasteiger partial charge is 0.410 e. The van der Waals surface area contributed by atoms with E-state index in [0.29, 0.717) is 5.92 Å². The number of carbonyl (C=O) groups excluding carboxylic acids is 1. The minimum absolute atomic E-state index is 0.194. The molecule has 2 saturated heterocycles. The van der Waals surface area contributed by atoms with Crippen LogP contribution in [-0.2, 0) is 4.74 Å². The summed E-state index contributed by atoms with van der Waals surface area (Å²) in [7, 11) is 0. The first-order chi connectivity index (χ1) is 10.3. The van der Waals surface area contributed by atoms with Crippen molar-refractivity contribution in [2.75, 3.05) is 26.2 Å². The van der Waals surface area contributed by atoms with Crippen LogP contribution in [0.2, 0.25) is 0 Å². The average Bonchev–Trinajstić information content (AvgIpc) is 2.86. The number of nitrogens with zero attached hydrogens (tertiary/aromatic N) is 2. The van der Waals surface area contributed by atoms with Gasteiger partial charge in [-0.25, -0.2) is 4.79 Å². The van der Waals surface area contributed by atoms with Gasteiger partial charge in [0.1, 0.15) is 5.60 Å². The number of ether oxygens (including phenoxy) is 1. The van der Waals surface area contributed by atoms with E-state index < -0.39 is 5.60 Å². The van der Waals surface area contributed by atoms with Gasteiger partial charge in [-0.1, -0.05) is 6.42 Å². The van der Waals surface area contributed by atoms with Gasteiger partial charge in [-0.2, -0.15) is 0 Å². The summed E-state index contributed by atoms with van der Waals surface area (Å²) < 4.78 is 5.45. The summed E-state index contributed by atoms with van der Waals surface area (Å²) in [6.07, 6.45) is 4.07. The molecular weight excluding hydrogens is 280 g/mol. The van der Waals surface area contributed by atoms with Gasteiger partial charge in [0.05, 0.1) is 6.10 Å². The highest BCUT2D eigenvalue weighted by molar-refractivity contribution is 5.68. The topological polar surface area (TPSA) is 53.0 Å². The van der Waals surface area contributed by atoms with Gasteiger partial charge in [0, 0.05) is 25.7 Å². The van der Waals surface area contributed by atoms with Gasteiger partial charge in [0.15, 0.2) is 0 Å². The molecule has 2 aliphatic heterocycles. The monoisotopic (exact) mass is 312 g/mol. The van der Waals surface area contributed by atoms with Crippen LogP contribution in [0.5, 0.6) is 0 Å². The molecule has 5 heteroatoms. The predicted octanol–water partition coefficient (Wildman–Crippen LogP) is 2.48. The Balaban J connectivity index is 1.84. The molecule has 0 aromatic carbocycles. The molecule has 128 valence electrons. The summed E-state index contributed by atoms with van der Waals surface area (Å²) in [6, 6.07) is 0.282. The normalized spacial score (nSPS) is 28.7. The zero-order chi connectivity index (χ0) is 16.3. The first kappa shape index (κ1) is 17.5. The van der Waals surface area contributed by atoms with Crippen molar-refractivity contribution in [1.29, 1.82) is 0 Å². The van der Waals surface area contributed by atoms with Gasteiger partial charge in [0.25, 0.3) is 0 Å². The number of rotatable bonds is 3. The van der Waals surface area contributed by atoms with Crippen LogP contribution in [-0.4, -0.2) is 64.9 Å². The number of hydrogen-bond donors (Lipinski definition) is 1. The second-order valence-corrected chi connectivity index (χ2v) is 7.88. The minimum Gasteiger partial charge on any atom is -0.444 e. The maximum absolute atomic E-state index is 12.1. The highest BCUT2D eigenvalue weighted by Gasteiger charge is 2.33. The van der Waals surface area contributed by atoms with E-state index in [9.17, 15) is 9.90 Å². The van der Waals surface area contributed by atoms with E-state index in [4.69, 9.17) is 4.74 Å². The van der Waals surface area contributed by atoms with Crippen LogP contribution in [0.4, 0.5) is 4.79 Å². The summed E-state index contributed by atoms with van der Waals surface area (Å²) in [5.41, 5.74) is -0.431. The molecule has 0 bridgehead atoms. The number of aliphatic hydroxyl groups is 1. The SMILES string of the molecule is CC(O)C1CCCCN1CC1CCN(C(=O)OC(C)(C)C)C1. The predicted molar refractivity (Wildman–Crippen MR) is 86.8 cm³/mol. The molecule has 2 fully saturated rings. The van der Waals surface area contributed by atoms with Gasteiger partial charge in [-0.3, -0.25) is 4.90 Å². The van der Waals surface area contributed by atoms with E-state index in [1.807, 2.05) is 32.6 Å². The van der Waals surface area contributed by atoms with Crippen molar-refractivity contribution >= 4 is 6.09 Å². The van der Waals surface area contributed by atoms with Crippen LogP contribution >= 0.6 is 0 Å². The van der Waals surface area contributed by atoms with Crippen molar-refractivity contribution in [3.63, 3.8) is 0 Å². The fourth-order valence-corrected chi connectivity index (χ4v) is 3.60. The lowest BCUT2D eigenvalue weighted by Crippen LogP contribution is -2.48. The molecular formula is C17H32N2O3. The fourth-order valence-electron chi connectivity index (χ4n) is 3.60. The summed E-state index contributed by atoms with van der Waals surface area (Å²) >= 11 is 0. The van der Waals surface area contributed by atoms with Crippen LogP contribution < -0.4 is 0 Å². The van der Waals surface area contributed by atoms with Crippen LogP contribution in [0, 0.1) is 5.92 Å². The maximum Gasteiger partial charge on any atom is 0.410 e. The number of carbonyl (C=O) groups is 1. The molecule has 0 aromatic rings. The molecule has 0 spiro atoms. The molecule has 2 rings (SSSR count). The third kappa shape index (κ3) is 4.85. The van der Waals surface area contributed by atoms with Gasteiger partial charge >= 0.3 is 6.09 Å². The quantitative estimate of drug-likeness (QED) is 0.870. The number of aliphatic hydroxyl groups excluding tert-OH is 1. The Morgan fingerprint density at radius 1 is 1.27 bits per heavy atom.